The maximum Gasteiger partial charge on any atom is 0.397 e. The molecule has 20 heavy (non-hydrogen) atoms. The lowest BCUT2D eigenvalue weighted by Crippen LogP contribution is -2.38. The number of carboxylic acids is 1. The molecule has 0 unspecified atom stereocenters. The van der Waals surface area contributed by atoms with E-state index in [2.05, 4.69) is 0 Å². The topological polar surface area (TPSA) is 84.9 Å². The number of ether oxygens (including phenoxy) is 2. The number of rotatable bonds is 10. The summed E-state index contributed by atoms with van der Waals surface area (Å²) >= 11 is 0. The number of carbonyl (C=O) groups is 2. The molecule has 0 saturated heterocycles. The number of nitrogens with one attached hydrogen (secondary N) is 1. The average Bonchev–Trinajstić information content (AvgIpc) is 2.30. The summed E-state index contributed by atoms with van der Waals surface area (Å²) in [5, 5.41) is 10.6. The van der Waals surface area contributed by atoms with Gasteiger partial charge in [-0.05, 0) is 34.1 Å². The summed E-state index contributed by atoms with van der Waals surface area (Å²) in [5.74, 6) is -0.862. The van der Waals surface area contributed by atoms with Gasteiger partial charge in [-0.2, -0.15) is 0 Å². The van der Waals surface area contributed by atoms with E-state index in [0.717, 1.165) is 0 Å². The first-order chi connectivity index (χ1) is 9.04. The van der Waals surface area contributed by atoms with E-state index in [1.165, 1.54) is 0 Å². The summed E-state index contributed by atoms with van der Waals surface area (Å²) in [5.41, 5.74) is -1.17. The molecule has 0 radical (unpaired) electrons. The van der Waals surface area contributed by atoms with Crippen LogP contribution in [0.3, 0.4) is 0 Å². The first kappa shape index (κ1) is 18.8. The van der Waals surface area contributed by atoms with Crippen molar-refractivity contribution < 1.29 is 28.6 Å². The van der Waals surface area contributed by atoms with E-state index in [-0.39, 0.29) is 26.2 Å². The van der Waals surface area contributed by atoms with Crippen LogP contribution in [-0.4, -0.2) is 48.2 Å². The Morgan fingerprint density at radius 3 is 2.25 bits per heavy atom. The molecular formula is C13H24FNO5. The second kappa shape index (κ2) is 8.16. The summed E-state index contributed by atoms with van der Waals surface area (Å²) in [6.45, 7) is 7.76. The molecule has 0 aromatic rings. The molecule has 0 saturated carbocycles. The van der Waals surface area contributed by atoms with Crippen LogP contribution in [0.2, 0.25) is 0 Å². The van der Waals surface area contributed by atoms with Gasteiger partial charge in [0.2, 0.25) is 0 Å². The zero-order valence-corrected chi connectivity index (χ0v) is 12.5. The van der Waals surface area contributed by atoms with Crippen LogP contribution in [0.15, 0.2) is 0 Å². The van der Waals surface area contributed by atoms with Gasteiger partial charge in [0, 0.05) is 13.0 Å². The molecule has 7 heteroatoms. The van der Waals surface area contributed by atoms with Crippen molar-refractivity contribution >= 4 is 12.1 Å². The Hall–Kier alpha value is -1.21. The quantitative estimate of drug-likeness (QED) is 0.366. The van der Waals surface area contributed by atoms with Crippen molar-refractivity contribution in [3.63, 3.8) is 0 Å². The Morgan fingerprint density at radius 1 is 1.15 bits per heavy atom. The summed E-state index contributed by atoms with van der Waals surface area (Å²) in [6.07, 6.45) is -1.15. The van der Waals surface area contributed by atoms with Gasteiger partial charge in [0.05, 0.1) is 24.4 Å². The van der Waals surface area contributed by atoms with Crippen LogP contribution in [0, 0.1) is 0 Å². The Bertz CT molecular complexity index is 331. The van der Waals surface area contributed by atoms with Gasteiger partial charge >= 0.3 is 12.1 Å². The maximum atomic E-state index is 11.9. The van der Waals surface area contributed by atoms with Gasteiger partial charge in [-0.15, -0.1) is 4.39 Å². The number of halogens is 1. The fourth-order valence-corrected chi connectivity index (χ4v) is 1.37. The summed E-state index contributed by atoms with van der Waals surface area (Å²) < 4.78 is 23.0. The number of hydrogen-bond acceptors (Lipinski definition) is 4. The van der Waals surface area contributed by atoms with Gasteiger partial charge in [-0.3, -0.25) is 4.79 Å². The maximum absolute atomic E-state index is 11.9. The highest BCUT2D eigenvalue weighted by Gasteiger charge is 2.26. The van der Waals surface area contributed by atoms with Gasteiger partial charge < -0.3 is 19.9 Å². The van der Waals surface area contributed by atoms with Gasteiger partial charge in [-0.1, -0.05) is 0 Å². The molecule has 0 fully saturated rings. The molecule has 0 spiro atoms. The molecular weight excluding hydrogens is 269 g/mol. The largest absolute Gasteiger partial charge is 0.481 e. The van der Waals surface area contributed by atoms with Crippen molar-refractivity contribution in [1.82, 2.24) is 5.32 Å². The van der Waals surface area contributed by atoms with Crippen LogP contribution in [0.5, 0.6) is 0 Å². The van der Waals surface area contributed by atoms with Gasteiger partial charge in [-0.25, -0.2) is 4.79 Å². The lowest BCUT2D eigenvalue weighted by molar-refractivity contribution is -0.142. The van der Waals surface area contributed by atoms with Crippen LogP contribution in [0.25, 0.3) is 0 Å². The van der Waals surface area contributed by atoms with Crippen molar-refractivity contribution in [3.8, 4) is 0 Å². The molecule has 1 amide bonds. The standard InChI is InChI=1S/C13H24FNO5/c1-12(2,6-5-10(16)17)20-9-13(3,4)19-8-7-15-11(14)18/h5-9H2,1-4H3,(H,15,18)(H,16,17). The number of carboxylic acid groups (broad SMARTS) is 1. The zero-order chi connectivity index (χ0) is 15.8. The lowest BCUT2D eigenvalue weighted by atomic mass is 10.0. The highest BCUT2D eigenvalue weighted by molar-refractivity contribution is 5.66. The zero-order valence-electron chi connectivity index (χ0n) is 12.5. The average molecular weight is 293 g/mol. The number of amides is 1. The molecule has 0 atom stereocenters. The van der Waals surface area contributed by atoms with E-state index in [9.17, 15) is 14.0 Å². The Morgan fingerprint density at radius 2 is 1.75 bits per heavy atom. The van der Waals surface area contributed by atoms with E-state index in [1.807, 2.05) is 19.2 Å². The summed E-state index contributed by atoms with van der Waals surface area (Å²) in [7, 11) is 0. The molecule has 0 aliphatic rings. The SMILES string of the molecule is CC(C)(CCC(=O)O)OCC(C)(C)OCCNC(=O)F. The van der Waals surface area contributed by atoms with Gasteiger partial charge in [0.15, 0.2) is 0 Å². The van der Waals surface area contributed by atoms with E-state index >= 15 is 0 Å². The van der Waals surface area contributed by atoms with Gasteiger partial charge in [0.25, 0.3) is 0 Å². The molecule has 6 nitrogen and oxygen atoms in total. The Labute approximate surface area is 118 Å². The number of hydrogen-bond donors (Lipinski definition) is 2. The number of carbonyl (C=O) groups excluding carboxylic acids is 1. The van der Waals surface area contributed by atoms with Crippen LogP contribution in [0.1, 0.15) is 40.5 Å². The highest BCUT2D eigenvalue weighted by atomic mass is 19.1. The monoisotopic (exact) mass is 293 g/mol. The molecule has 0 aromatic carbocycles. The van der Waals surface area contributed by atoms with Crippen LogP contribution in [-0.2, 0) is 14.3 Å². The summed E-state index contributed by atoms with van der Waals surface area (Å²) in [6, 6.07) is 0. The molecule has 0 aliphatic heterocycles. The van der Waals surface area contributed by atoms with E-state index in [1.54, 1.807) is 13.8 Å². The first-order valence-electron chi connectivity index (χ1n) is 6.47. The Balaban J connectivity index is 4.00. The van der Waals surface area contributed by atoms with E-state index in [4.69, 9.17) is 14.6 Å². The Kier molecular flexibility index (Phi) is 7.67. The smallest absolute Gasteiger partial charge is 0.397 e. The normalized spacial score (nSPS) is 12.2. The third-order valence-electron chi connectivity index (χ3n) is 2.61. The second-order valence-electron chi connectivity index (χ2n) is 5.75. The number of aliphatic carboxylic acids is 1. The van der Waals surface area contributed by atoms with Crippen LogP contribution < -0.4 is 5.32 Å². The molecule has 0 rings (SSSR count). The highest BCUT2D eigenvalue weighted by Crippen LogP contribution is 2.20. The summed E-state index contributed by atoms with van der Waals surface area (Å²) in [4.78, 5) is 20.6. The lowest BCUT2D eigenvalue weighted by Gasteiger charge is -2.31. The van der Waals surface area contributed by atoms with Crippen molar-refractivity contribution in [3.05, 3.63) is 0 Å². The van der Waals surface area contributed by atoms with Gasteiger partial charge in [0.1, 0.15) is 0 Å². The molecule has 0 heterocycles. The molecule has 118 valence electrons. The van der Waals surface area contributed by atoms with E-state index in [0.29, 0.717) is 6.42 Å². The van der Waals surface area contributed by atoms with Crippen LogP contribution >= 0.6 is 0 Å². The molecule has 2 N–H and O–H groups in total. The minimum absolute atomic E-state index is 0.0385. The minimum Gasteiger partial charge on any atom is -0.481 e. The van der Waals surface area contributed by atoms with Crippen molar-refractivity contribution in [2.75, 3.05) is 19.8 Å². The predicted octanol–water partition coefficient (Wildman–Crippen LogP) is 2.12. The van der Waals surface area contributed by atoms with E-state index < -0.39 is 23.3 Å². The second-order valence-corrected chi connectivity index (χ2v) is 5.75. The molecule has 0 aromatic heterocycles. The fourth-order valence-electron chi connectivity index (χ4n) is 1.37. The van der Waals surface area contributed by atoms with Crippen molar-refractivity contribution in [1.29, 1.82) is 0 Å². The fraction of sp³-hybridized carbons (Fsp3) is 0.846. The first-order valence-corrected chi connectivity index (χ1v) is 6.47. The van der Waals surface area contributed by atoms with Crippen LogP contribution in [0.4, 0.5) is 9.18 Å². The third-order valence-corrected chi connectivity index (χ3v) is 2.61. The molecule has 0 aliphatic carbocycles. The molecule has 0 bridgehead atoms. The van der Waals surface area contributed by atoms with Crippen molar-refractivity contribution in [2.45, 2.75) is 51.7 Å². The predicted molar refractivity (Wildman–Crippen MR) is 71.4 cm³/mol. The minimum atomic E-state index is -1.59. The van der Waals surface area contributed by atoms with Crippen molar-refractivity contribution in [2.24, 2.45) is 0 Å². The third kappa shape index (κ3) is 10.7.